The molecule has 17 nitrogen and oxygen atoms in total. The van der Waals surface area contributed by atoms with Gasteiger partial charge in [-0.05, 0) is 109 Å². The van der Waals surface area contributed by atoms with Crippen LogP contribution in [0.1, 0.15) is 297 Å². The molecule has 19 heteroatoms. The predicted octanol–water partition coefficient (Wildman–Crippen LogP) is 21.6. The fourth-order valence-corrected chi connectivity index (χ4v) is 11.3. The Labute approximate surface area is 593 Å². The lowest BCUT2D eigenvalue weighted by Gasteiger charge is -2.21. The Morgan fingerprint density at radius 1 is 0.306 bits per heavy atom. The van der Waals surface area contributed by atoms with E-state index < -0.39 is 97.5 Å². The maximum absolute atomic E-state index is 13.1. The summed E-state index contributed by atoms with van der Waals surface area (Å²) in [5.41, 5.74) is 0. The first kappa shape index (κ1) is 93.5. The molecule has 0 aliphatic carbocycles. The number of unbranched alkanes of at least 4 members (excludes halogenated alkanes) is 25. The number of aliphatic hydroxyl groups excluding tert-OH is 1. The third kappa shape index (κ3) is 69.9. The smallest absolute Gasteiger partial charge is 0.462 e. The van der Waals surface area contributed by atoms with E-state index in [1.807, 2.05) is 18.2 Å². The van der Waals surface area contributed by atoms with Crippen LogP contribution in [0.2, 0.25) is 0 Å². The first-order valence-electron chi connectivity index (χ1n) is 37.8. The Bertz CT molecular complexity index is 2340. The summed E-state index contributed by atoms with van der Waals surface area (Å²) in [6, 6.07) is 0. The quantitative estimate of drug-likeness (QED) is 0.0169. The molecule has 0 spiro atoms. The van der Waals surface area contributed by atoms with E-state index in [1.165, 1.54) is 64.2 Å². The van der Waals surface area contributed by atoms with Crippen molar-refractivity contribution in [3.05, 3.63) is 122 Å². The van der Waals surface area contributed by atoms with Crippen LogP contribution in [0.15, 0.2) is 122 Å². The van der Waals surface area contributed by atoms with Gasteiger partial charge in [-0.15, -0.1) is 0 Å². The van der Waals surface area contributed by atoms with Gasteiger partial charge in [0.2, 0.25) is 0 Å². The van der Waals surface area contributed by atoms with Crippen molar-refractivity contribution in [2.45, 2.75) is 316 Å². The Balaban J connectivity index is 5.37. The topological polar surface area (TPSA) is 237 Å². The Morgan fingerprint density at radius 3 is 0.949 bits per heavy atom. The van der Waals surface area contributed by atoms with Crippen molar-refractivity contribution in [2.75, 3.05) is 39.6 Å². The van der Waals surface area contributed by atoms with Crippen molar-refractivity contribution in [3.63, 3.8) is 0 Å². The summed E-state index contributed by atoms with van der Waals surface area (Å²) in [5.74, 6) is -2.34. The molecular formula is C79H134O17P2. The molecule has 0 saturated heterocycles. The number of allylic oxidation sites excluding steroid dienone is 19. The van der Waals surface area contributed by atoms with Gasteiger partial charge in [0.25, 0.3) is 0 Å². The minimum Gasteiger partial charge on any atom is -0.462 e. The van der Waals surface area contributed by atoms with Gasteiger partial charge in [0.15, 0.2) is 12.2 Å². The van der Waals surface area contributed by atoms with Gasteiger partial charge >= 0.3 is 39.5 Å². The molecule has 3 N–H and O–H groups in total. The van der Waals surface area contributed by atoms with E-state index >= 15 is 0 Å². The van der Waals surface area contributed by atoms with E-state index in [1.54, 1.807) is 6.08 Å². The summed E-state index contributed by atoms with van der Waals surface area (Å²) >= 11 is 0. The number of carbonyl (C=O) groups is 4. The Hall–Kier alpha value is -4.54. The first-order chi connectivity index (χ1) is 47.7. The molecule has 0 amide bonds. The molecule has 0 aromatic rings. The fraction of sp³-hybridized carbons (Fsp3) is 0.696. The molecule has 0 radical (unpaired) electrons. The van der Waals surface area contributed by atoms with Gasteiger partial charge in [-0.25, -0.2) is 9.13 Å². The standard InChI is InChI=1S/C79H134O17P2/c1-5-9-13-17-21-25-29-32-34-35-36-37-39-42-45-48-52-56-60-64-77(82)89-69-74(95-78(83)65-61-57-53-49-43-28-24-20-16-12-8-4)71-93-97(85,86)91-67-73(80)68-92-98(87,88)94-72-75(96-79(84)66-62-58-54-50-46-40-31-27-23-19-15-11-7-3)70-90-76(81)63-59-55-51-47-44-41-38-33-30-26-22-18-14-10-6-2/h9-10,13-14,20-22,24-26,32-34,36-38,44,47,55,59,73-75,80H,5-8,11-12,15-19,23,27-31,35,39-43,45-46,48-54,56-58,60-72H2,1-4H3,(H,85,86)(H,87,88)/b13-9-,14-10-,24-20-,25-21-,26-22-,34-32-,37-36-,38-33-,47-44-,59-55-. The second-order valence-corrected chi connectivity index (χ2v) is 27.8. The molecule has 0 aromatic heterocycles. The van der Waals surface area contributed by atoms with Crippen LogP contribution in [0.25, 0.3) is 0 Å². The van der Waals surface area contributed by atoms with Gasteiger partial charge in [0.1, 0.15) is 19.3 Å². The summed E-state index contributed by atoms with van der Waals surface area (Å²) in [6.07, 6.45) is 76.6. The molecule has 5 atom stereocenters. The van der Waals surface area contributed by atoms with Gasteiger partial charge < -0.3 is 33.8 Å². The van der Waals surface area contributed by atoms with Gasteiger partial charge in [-0.1, -0.05) is 284 Å². The minimum atomic E-state index is -4.99. The van der Waals surface area contributed by atoms with E-state index in [4.69, 9.17) is 37.0 Å². The molecule has 562 valence electrons. The average Bonchev–Trinajstić information content (AvgIpc) is 0.983. The van der Waals surface area contributed by atoms with E-state index in [0.717, 1.165) is 154 Å². The second-order valence-electron chi connectivity index (χ2n) is 24.8. The number of aliphatic hydroxyl groups is 1. The summed E-state index contributed by atoms with van der Waals surface area (Å²) in [7, 11) is -9.97. The molecular weight excluding hydrogens is 1280 g/mol. The van der Waals surface area contributed by atoms with E-state index in [2.05, 4.69) is 125 Å². The number of hydrogen-bond acceptors (Lipinski definition) is 15. The zero-order valence-corrected chi connectivity index (χ0v) is 63.0. The average molecular weight is 1420 g/mol. The van der Waals surface area contributed by atoms with E-state index in [-0.39, 0.29) is 25.7 Å². The lowest BCUT2D eigenvalue weighted by Crippen LogP contribution is -2.30. The molecule has 0 aliphatic rings. The number of carbonyl (C=O) groups excluding carboxylic acids is 4. The highest BCUT2D eigenvalue weighted by Crippen LogP contribution is 2.45. The highest BCUT2D eigenvalue weighted by molar-refractivity contribution is 7.47. The second kappa shape index (κ2) is 70.9. The van der Waals surface area contributed by atoms with Crippen molar-refractivity contribution < 1.29 is 80.2 Å². The van der Waals surface area contributed by atoms with Gasteiger partial charge in [-0.2, -0.15) is 0 Å². The molecule has 0 aliphatic heterocycles. The number of rotatable bonds is 70. The molecule has 0 rings (SSSR count). The van der Waals surface area contributed by atoms with Gasteiger partial charge in [0, 0.05) is 19.3 Å². The van der Waals surface area contributed by atoms with Crippen LogP contribution in [0.5, 0.6) is 0 Å². The van der Waals surface area contributed by atoms with Crippen molar-refractivity contribution in [1.29, 1.82) is 0 Å². The lowest BCUT2D eigenvalue weighted by molar-refractivity contribution is -0.161. The zero-order chi connectivity index (χ0) is 71.8. The zero-order valence-electron chi connectivity index (χ0n) is 61.2. The number of ether oxygens (including phenoxy) is 4. The van der Waals surface area contributed by atoms with Crippen LogP contribution in [0.4, 0.5) is 0 Å². The van der Waals surface area contributed by atoms with Crippen molar-refractivity contribution in [1.82, 2.24) is 0 Å². The molecule has 98 heavy (non-hydrogen) atoms. The van der Waals surface area contributed by atoms with Crippen LogP contribution in [-0.4, -0.2) is 96.7 Å². The molecule has 0 saturated carbocycles. The minimum absolute atomic E-state index is 0.0703. The predicted molar refractivity (Wildman–Crippen MR) is 399 cm³/mol. The normalized spacial score (nSPS) is 14.6. The Kier molecular flexibility index (Phi) is 67.6. The van der Waals surface area contributed by atoms with Gasteiger partial charge in [-0.3, -0.25) is 37.3 Å². The van der Waals surface area contributed by atoms with E-state index in [0.29, 0.717) is 25.7 Å². The van der Waals surface area contributed by atoms with Crippen LogP contribution in [-0.2, 0) is 65.4 Å². The molecule has 0 bridgehead atoms. The van der Waals surface area contributed by atoms with E-state index in [9.17, 15) is 43.2 Å². The highest BCUT2D eigenvalue weighted by Gasteiger charge is 2.30. The van der Waals surface area contributed by atoms with Crippen molar-refractivity contribution >= 4 is 39.5 Å². The summed E-state index contributed by atoms with van der Waals surface area (Å²) in [6.45, 7) is 4.47. The third-order valence-corrected chi connectivity index (χ3v) is 17.4. The fourth-order valence-electron chi connectivity index (χ4n) is 9.74. The third-order valence-electron chi connectivity index (χ3n) is 15.5. The van der Waals surface area contributed by atoms with Crippen LogP contribution >= 0.6 is 15.6 Å². The first-order valence-corrected chi connectivity index (χ1v) is 40.8. The Morgan fingerprint density at radius 2 is 0.582 bits per heavy atom. The van der Waals surface area contributed by atoms with Crippen LogP contribution in [0, 0.1) is 0 Å². The molecule has 5 unspecified atom stereocenters. The summed E-state index contributed by atoms with van der Waals surface area (Å²) in [4.78, 5) is 72.7. The number of esters is 4. The van der Waals surface area contributed by atoms with Crippen LogP contribution in [0.3, 0.4) is 0 Å². The molecule has 0 heterocycles. The number of phosphoric acid groups is 2. The maximum atomic E-state index is 13.1. The maximum Gasteiger partial charge on any atom is 0.472 e. The van der Waals surface area contributed by atoms with Crippen molar-refractivity contribution in [2.24, 2.45) is 0 Å². The number of phosphoric ester groups is 2. The van der Waals surface area contributed by atoms with Crippen molar-refractivity contribution in [3.8, 4) is 0 Å². The van der Waals surface area contributed by atoms with Gasteiger partial charge in [0.05, 0.1) is 32.8 Å². The molecule has 0 aromatic carbocycles. The van der Waals surface area contributed by atoms with Crippen LogP contribution < -0.4 is 0 Å². The SMILES string of the molecule is CC/C=C\C/C=C\C/C=C\C/C=C\C/C=C\CC(=O)OCC(COP(=O)(O)OCC(O)COP(=O)(O)OCC(COC(=O)CCCCCCCC/C=C\C/C=C\C/C=C\C/C=C\CC)OC(=O)CCCCCCC/C=C\CCCC)OC(=O)CCCCCCCCCCCCCCC. The highest BCUT2D eigenvalue weighted by atomic mass is 31.2. The largest absolute Gasteiger partial charge is 0.472 e. The summed E-state index contributed by atoms with van der Waals surface area (Å²) < 4.78 is 68.3. The summed E-state index contributed by atoms with van der Waals surface area (Å²) in [5, 5.41) is 10.6. The number of hydrogen-bond donors (Lipinski definition) is 3. The lowest BCUT2D eigenvalue weighted by atomic mass is 10.0. The monoisotopic (exact) mass is 1420 g/mol. The molecule has 0 fully saturated rings.